The predicted molar refractivity (Wildman–Crippen MR) is 124 cm³/mol. The van der Waals surface area contributed by atoms with Crippen LogP contribution >= 0.6 is 12.2 Å². The van der Waals surface area contributed by atoms with Gasteiger partial charge in [0.2, 0.25) is 5.91 Å². The van der Waals surface area contributed by atoms with Crippen molar-refractivity contribution >= 4 is 18.1 Å². The van der Waals surface area contributed by atoms with E-state index in [1.807, 2.05) is 66.9 Å². The quantitative estimate of drug-likeness (QED) is 0.401. The van der Waals surface area contributed by atoms with Gasteiger partial charge in [0.1, 0.15) is 5.75 Å². The molecule has 0 atom stereocenters. The lowest BCUT2D eigenvalue weighted by atomic mass is 10.1. The van der Waals surface area contributed by atoms with Crippen LogP contribution in [0.5, 0.6) is 5.75 Å². The highest BCUT2D eigenvalue weighted by molar-refractivity contribution is 7.71. The van der Waals surface area contributed by atoms with Gasteiger partial charge in [-0.05, 0) is 55.9 Å². The molecule has 0 radical (unpaired) electrons. The van der Waals surface area contributed by atoms with Gasteiger partial charge in [-0.1, -0.05) is 35.7 Å². The first-order chi connectivity index (χ1) is 15.0. The van der Waals surface area contributed by atoms with Crippen molar-refractivity contribution in [3.8, 4) is 29.5 Å². The van der Waals surface area contributed by atoms with E-state index < -0.39 is 0 Å². The van der Waals surface area contributed by atoms with Gasteiger partial charge in [-0.25, -0.2) is 0 Å². The van der Waals surface area contributed by atoms with Gasteiger partial charge < -0.3 is 9.64 Å². The summed E-state index contributed by atoms with van der Waals surface area (Å²) in [6.07, 6.45) is 5.77. The first-order valence-electron chi connectivity index (χ1n) is 10.2. The fraction of sp³-hybridized carbons (Fsp3) is 0.292. The van der Waals surface area contributed by atoms with Crippen LogP contribution in [0.3, 0.4) is 0 Å². The summed E-state index contributed by atoms with van der Waals surface area (Å²) in [5, 5.41) is 7.17. The minimum atomic E-state index is -0.0285. The minimum absolute atomic E-state index is 0.0285. The van der Waals surface area contributed by atoms with Crippen LogP contribution in [-0.2, 0) is 17.9 Å². The number of hydrogen-bond donors (Lipinski definition) is 1. The molecule has 1 amide bonds. The largest absolute Gasteiger partial charge is 0.494 e. The van der Waals surface area contributed by atoms with Crippen molar-refractivity contribution < 1.29 is 9.53 Å². The van der Waals surface area contributed by atoms with E-state index in [0.29, 0.717) is 30.3 Å². The fourth-order valence-electron chi connectivity index (χ4n) is 3.23. The van der Waals surface area contributed by atoms with Gasteiger partial charge in [-0.15, -0.1) is 6.42 Å². The summed E-state index contributed by atoms with van der Waals surface area (Å²) < 4.78 is 7.80. The first-order valence-corrected chi connectivity index (χ1v) is 10.6. The van der Waals surface area contributed by atoms with E-state index in [2.05, 4.69) is 16.1 Å². The molecule has 6 nitrogen and oxygen atoms in total. The van der Waals surface area contributed by atoms with E-state index >= 15 is 0 Å². The molecule has 160 valence electrons. The first kappa shape index (κ1) is 22.3. The number of carbonyl (C=O) groups excluding carboxylic acids is 1. The van der Waals surface area contributed by atoms with E-state index in [-0.39, 0.29) is 18.9 Å². The smallest absolute Gasteiger partial charge is 0.225 e. The van der Waals surface area contributed by atoms with Crippen LogP contribution in [-0.4, -0.2) is 38.7 Å². The van der Waals surface area contributed by atoms with Crippen molar-refractivity contribution in [3.63, 3.8) is 0 Å². The molecule has 0 saturated carbocycles. The highest BCUT2D eigenvalue weighted by Gasteiger charge is 2.16. The average molecular weight is 435 g/mol. The second-order valence-corrected chi connectivity index (χ2v) is 7.54. The summed E-state index contributed by atoms with van der Waals surface area (Å²) in [4.78, 5) is 14.6. The lowest BCUT2D eigenvalue weighted by molar-refractivity contribution is -0.131. The molecule has 0 aliphatic rings. The van der Waals surface area contributed by atoms with E-state index in [1.54, 1.807) is 4.90 Å². The molecule has 0 saturated heterocycles. The number of benzene rings is 2. The molecule has 3 aromatic rings. The van der Waals surface area contributed by atoms with Crippen LogP contribution in [0.2, 0.25) is 0 Å². The molecular weight excluding hydrogens is 408 g/mol. The number of nitrogens with zero attached hydrogens (tertiary/aromatic N) is 3. The van der Waals surface area contributed by atoms with Gasteiger partial charge in [-0.3, -0.25) is 14.5 Å². The number of aromatic amines is 1. The van der Waals surface area contributed by atoms with E-state index in [4.69, 9.17) is 23.4 Å². The Morgan fingerprint density at radius 1 is 1.23 bits per heavy atom. The molecule has 1 heterocycles. The van der Waals surface area contributed by atoms with Gasteiger partial charge in [-0.2, -0.15) is 5.10 Å². The highest BCUT2D eigenvalue weighted by Crippen LogP contribution is 2.21. The number of rotatable bonds is 9. The zero-order valence-electron chi connectivity index (χ0n) is 17.8. The SMILES string of the molecule is C#CCN(Cc1ccc(C)cc1)C(=O)CCn1c(-c2ccc(OCC)cc2)n[nH]c1=S. The summed E-state index contributed by atoms with van der Waals surface area (Å²) in [5.41, 5.74) is 3.11. The fourth-order valence-corrected chi connectivity index (χ4v) is 3.46. The zero-order chi connectivity index (χ0) is 22.2. The van der Waals surface area contributed by atoms with Crippen molar-refractivity contribution in [1.82, 2.24) is 19.7 Å². The number of aryl methyl sites for hydroxylation is 1. The second-order valence-electron chi connectivity index (χ2n) is 7.15. The molecule has 0 aliphatic heterocycles. The molecule has 3 rings (SSSR count). The number of nitrogens with one attached hydrogen (secondary N) is 1. The number of aromatic nitrogens is 3. The molecule has 1 aromatic heterocycles. The highest BCUT2D eigenvalue weighted by atomic mass is 32.1. The van der Waals surface area contributed by atoms with Gasteiger partial charge in [0.15, 0.2) is 10.6 Å². The van der Waals surface area contributed by atoms with Crippen molar-refractivity contribution in [1.29, 1.82) is 0 Å². The maximum atomic E-state index is 12.9. The van der Waals surface area contributed by atoms with Gasteiger partial charge >= 0.3 is 0 Å². The molecule has 2 aromatic carbocycles. The van der Waals surface area contributed by atoms with Gasteiger partial charge in [0, 0.05) is 25.1 Å². The van der Waals surface area contributed by atoms with Crippen LogP contribution in [0.15, 0.2) is 48.5 Å². The summed E-state index contributed by atoms with van der Waals surface area (Å²) in [6.45, 7) is 5.73. The maximum Gasteiger partial charge on any atom is 0.225 e. The van der Waals surface area contributed by atoms with Crippen molar-refractivity contribution in [2.24, 2.45) is 0 Å². The molecule has 1 N–H and O–H groups in total. The van der Waals surface area contributed by atoms with E-state index in [9.17, 15) is 4.79 Å². The summed E-state index contributed by atoms with van der Waals surface area (Å²) in [5.74, 6) is 4.03. The molecule has 31 heavy (non-hydrogen) atoms. The molecule has 0 fully saturated rings. The minimum Gasteiger partial charge on any atom is -0.494 e. The van der Waals surface area contributed by atoms with Crippen molar-refractivity contribution in [3.05, 3.63) is 64.4 Å². The molecule has 0 unspecified atom stereocenters. The second kappa shape index (κ2) is 10.6. The third-order valence-corrected chi connectivity index (χ3v) is 5.17. The number of H-pyrrole nitrogens is 1. The van der Waals surface area contributed by atoms with Crippen LogP contribution in [0, 0.1) is 24.0 Å². The Labute approximate surface area is 187 Å². The Kier molecular flexibility index (Phi) is 7.63. The number of hydrogen-bond acceptors (Lipinski definition) is 4. The Morgan fingerprint density at radius 2 is 1.94 bits per heavy atom. The Bertz CT molecular complexity index is 1110. The van der Waals surface area contributed by atoms with Crippen LogP contribution in [0.4, 0.5) is 0 Å². The van der Waals surface area contributed by atoms with E-state index in [0.717, 1.165) is 16.9 Å². The molecule has 0 aliphatic carbocycles. The monoisotopic (exact) mass is 434 g/mol. The van der Waals surface area contributed by atoms with Crippen molar-refractivity contribution in [2.45, 2.75) is 33.4 Å². The van der Waals surface area contributed by atoms with E-state index in [1.165, 1.54) is 5.56 Å². The normalized spacial score (nSPS) is 10.5. The Balaban J connectivity index is 1.71. The number of carbonyl (C=O) groups is 1. The molecule has 0 spiro atoms. The van der Waals surface area contributed by atoms with Crippen LogP contribution in [0.25, 0.3) is 11.4 Å². The molecule has 0 bridgehead atoms. The third-order valence-electron chi connectivity index (χ3n) is 4.86. The standard InChI is InChI=1S/C24H26N4O2S/c1-4-15-27(17-19-8-6-18(3)7-9-19)22(29)14-16-28-23(25-26-24(28)31)20-10-12-21(13-11-20)30-5-2/h1,6-13H,5,14-17H2,2-3H3,(H,26,31). The van der Waals surface area contributed by atoms with Crippen LogP contribution in [0.1, 0.15) is 24.5 Å². The topological polar surface area (TPSA) is 63.1 Å². The van der Waals surface area contributed by atoms with Crippen LogP contribution < -0.4 is 4.74 Å². The Morgan fingerprint density at radius 3 is 2.58 bits per heavy atom. The number of amides is 1. The van der Waals surface area contributed by atoms with Gasteiger partial charge in [0.25, 0.3) is 0 Å². The lowest BCUT2D eigenvalue weighted by Gasteiger charge is -2.21. The summed E-state index contributed by atoms with van der Waals surface area (Å²) >= 11 is 5.39. The van der Waals surface area contributed by atoms with Gasteiger partial charge in [0.05, 0.1) is 13.2 Å². The zero-order valence-corrected chi connectivity index (χ0v) is 18.6. The summed E-state index contributed by atoms with van der Waals surface area (Å²) in [7, 11) is 0. The number of ether oxygens (including phenoxy) is 1. The number of terminal acetylenes is 1. The third kappa shape index (κ3) is 5.83. The predicted octanol–water partition coefficient (Wildman–Crippen LogP) is 4.37. The summed E-state index contributed by atoms with van der Waals surface area (Å²) in [6, 6.07) is 15.7. The molecule has 7 heteroatoms. The van der Waals surface area contributed by atoms with Crippen molar-refractivity contribution in [2.75, 3.05) is 13.2 Å². The maximum absolute atomic E-state index is 12.9. The average Bonchev–Trinajstić information content (AvgIpc) is 3.14. The molecular formula is C24H26N4O2S. The lowest BCUT2D eigenvalue weighted by Crippen LogP contribution is -2.31. The Hall–Kier alpha value is -3.37.